The second-order valence-corrected chi connectivity index (χ2v) is 3.14. The number of anilines is 1. The van der Waals surface area contributed by atoms with Crippen molar-refractivity contribution in [3.8, 4) is 5.88 Å². The van der Waals surface area contributed by atoms with Gasteiger partial charge in [0.25, 0.3) is 12.0 Å². The highest BCUT2D eigenvalue weighted by molar-refractivity contribution is 5.45. The summed E-state index contributed by atoms with van der Waals surface area (Å²) in [5, 5.41) is 3.25. The highest BCUT2D eigenvalue weighted by Crippen LogP contribution is 2.37. The van der Waals surface area contributed by atoms with Crippen LogP contribution in [0.25, 0.3) is 0 Å². The van der Waals surface area contributed by atoms with Gasteiger partial charge in [0, 0.05) is 7.05 Å². The Balaban J connectivity index is 3.00. The van der Waals surface area contributed by atoms with E-state index in [1.807, 2.05) is 0 Å². The standard InChI is InChI=1S/C7H7F6N3O/c1-16-2-3(14)4(15-16)17-5(6(8,9)10)7(11,12)13/h2,5H,14H2,1H3. The number of ether oxygens (including phenoxy) is 1. The summed E-state index contributed by atoms with van der Waals surface area (Å²) in [6.07, 6.45) is -14.1. The number of nitrogens with zero attached hydrogens (tertiary/aromatic N) is 2. The van der Waals surface area contributed by atoms with Crippen LogP contribution >= 0.6 is 0 Å². The van der Waals surface area contributed by atoms with Gasteiger partial charge in [-0.25, -0.2) is 0 Å². The Bertz CT molecular complexity index is 381. The lowest BCUT2D eigenvalue weighted by Gasteiger charge is -2.22. The number of alkyl halides is 6. The molecule has 0 aliphatic rings. The van der Waals surface area contributed by atoms with Crippen LogP contribution < -0.4 is 10.5 Å². The van der Waals surface area contributed by atoms with E-state index in [-0.39, 0.29) is 0 Å². The fourth-order valence-corrected chi connectivity index (χ4v) is 1.01. The van der Waals surface area contributed by atoms with Crippen molar-refractivity contribution < 1.29 is 31.1 Å². The summed E-state index contributed by atoms with van der Waals surface area (Å²) in [4.78, 5) is 0. The van der Waals surface area contributed by atoms with Gasteiger partial charge in [-0.2, -0.15) is 26.3 Å². The Hall–Kier alpha value is -1.61. The fraction of sp³-hybridized carbons (Fsp3) is 0.571. The molecular formula is C7H7F6N3O. The van der Waals surface area contributed by atoms with Crippen LogP contribution in [0, 0.1) is 0 Å². The predicted octanol–water partition coefficient (Wildman–Crippen LogP) is 1.87. The molecule has 0 aromatic carbocycles. The van der Waals surface area contributed by atoms with E-state index in [0.29, 0.717) is 0 Å². The Morgan fingerprint density at radius 1 is 1.24 bits per heavy atom. The maximum Gasteiger partial charge on any atom is 0.434 e. The van der Waals surface area contributed by atoms with Crippen molar-refractivity contribution in [2.45, 2.75) is 18.5 Å². The Morgan fingerprint density at radius 2 is 1.71 bits per heavy atom. The molecule has 0 unspecified atom stereocenters. The van der Waals surface area contributed by atoms with Gasteiger partial charge in [0.15, 0.2) is 0 Å². The minimum absolute atomic E-state index is 0.411. The van der Waals surface area contributed by atoms with E-state index in [4.69, 9.17) is 5.73 Å². The average Bonchev–Trinajstić information content (AvgIpc) is 2.36. The number of rotatable bonds is 2. The van der Waals surface area contributed by atoms with E-state index in [0.717, 1.165) is 10.9 Å². The molecule has 1 aromatic rings. The molecule has 1 rings (SSSR count). The van der Waals surface area contributed by atoms with Gasteiger partial charge < -0.3 is 10.5 Å². The van der Waals surface area contributed by atoms with E-state index in [1.165, 1.54) is 7.05 Å². The third-order valence-electron chi connectivity index (χ3n) is 1.65. The third-order valence-corrected chi connectivity index (χ3v) is 1.65. The number of hydrogen-bond donors (Lipinski definition) is 1. The van der Waals surface area contributed by atoms with Crippen molar-refractivity contribution in [3.05, 3.63) is 6.20 Å². The number of nitrogens with two attached hydrogens (primary N) is 1. The van der Waals surface area contributed by atoms with E-state index < -0.39 is 30.0 Å². The summed E-state index contributed by atoms with van der Waals surface area (Å²) in [7, 11) is 1.28. The third kappa shape index (κ3) is 3.17. The minimum Gasteiger partial charge on any atom is -0.452 e. The zero-order valence-corrected chi connectivity index (χ0v) is 8.30. The molecule has 17 heavy (non-hydrogen) atoms. The van der Waals surface area contributed by atoms with E-state index in [9.17, 15) is 26.3 Å². The molecule has 4 nitrogen and oxygen atoms in total. The lowest BCUT2D eigenvalue weighted by atomic mass is 10.3. The summed E-state index contributed by atoms with van der Waals surface area (Å²) >= 11 is 0. The molecule has 0 radical (unpaired) electrons. The molecule has 10 heteroatoms. The van der Waals surface area contributed by atoms with Gasteiger partial charge >= 0.3 is 12.4 Å². The van der Waals surface area contributed by atoms with Crippen LogP contribution in [-0.2, 0) is 7.05 Å². The van der Waals surface area contributed by atoms with E-state index >= 15 is 0 Å². The molecule has 1 heterocycles. The van der Waals surface area contributed by atoms with Gasteiger partial charge in [-0.1, -0.05) is 0 Å². The number of nitrogen functional groups attached to an aromatic ring is 1. The molecule has 98 valence electrons. The van der Waals surface area contributed by atoms with Crippen LogP contribution in [0.5, 0.6) is 5.88 Å². The quantitative estimate of drug-likeness (QED) is 0.829. The van der Waals surface area contributed by atoms with Crippen molar-refractivity contribution in [1.82, 2.24) is 9.78 Å². The molecule has 1 aromatic heterocycles. The number of halogens is 6. The molecule has 0 aliphatic heterocycles. The topological polar surface area (TPSA) is 53.1 Å². The summed E-state index contributed by atoms with van der Waals surface area (Å²) in [5.41, 5.74) is 4.72. The molecule has 0 aliphatic carbocycles. The zero-order valence-electron chi connectivity index (χ0n) is 8.30. The van der Waals surface area contributed by atoms with Crippen molar-refractivity contribution in [2.24, 2.45) is 7.05 Å². The highest BCUT2D eigenvalue weighted by atomic mass is 19.4. The Labute approximate surface area is 90.9 Å². The maximum absolute atomic E-state index is 12.1. The van der Waals surface area contributed by atoms with Crippen molar-refractivity contribution in [1.29, 1.82) is 0 Å². The van der Waals surface area contributed by atoms with Crippen LogP contribution in [0.4, 0.5) is 32.0 Å². The lowest BCUT2D eigenvalue weighted by molar-refractivity contribution is -0.300. The summed E-state index contributed by atoms with van der Waals surface area (Å²) in [6, 6.07) is 0. The van der Waals surface area contributed by atoms with Gasteiger partial charge in [-0.3, -0.25) is 4.68 Å². The van der Waals surface area contributed by atoms with Crippen LogP contribution in [0.3, 0.4) is 0 Å². The second-order valence-electron chi connectivity index (χ2n) is 3.14. The molecule has 0 bridgehead atoms. The fourth-order valence-electron chi connectivity index (χ4n) is 1.01. The smallest absolute Gasteiger partial charge is 0.434 e. The van der Waals surface area contributed by atoms with E-state index in [1.54, 1.807) is 0 Å². The average molecular weight is 263 g/mol. The molecular weight excluding hydrogens is 256 g/mol. The van der Waals surface area contributed by atoms with Crippen LogP contribution in [0.1, 0.15) is 0 Å². The molecule has 0 atom stereocenters. The first-order valence-electron chi connectivity index (χ1n) is 4.11. The molecule has 0 amide bonds. The van der Waals surface area contributed by atoms with E-state index in [2.05, 4.69) is 9.84 Å². The van der Waals surface area contributed by atoms with Gasteiger partial charge in [-0.15, -0.1) is 5.10 Å². The van der Waals surface area contributed by atoms with Gasteiger partial charge in [0.05, 0.1) is 6.20 Å². The summed E-state index contributed by atoms with van der Waals surface area (Å²) in [6.45, 7) is 0. The van der Waals surface area contributed by atoms with Crippen molar-refractivity contribution in [2.75, 3.05) is 5.73 Å². The summed E-state index contributed by atoms with van der Waals surface area (Å²) in [5.74, 6) is -0.910. The van der Waals surface area contributed by atoms with Gasteiger partial charge in [0.2, 0.25) is 0 Å². The SMILES string of the molecule is Cn1cc(N)c(OC(C(F)(F)F)C(F)(F)F)n1. The number of aromatic nitrogens is 2. The molecule has 0 spiro atoms. The summed E-state index contributed by atoms with van der Waals surface area (Å²) < 4.78 is 77.4. The number of hydrogen-bond acceptors (Lipinski definition) is 3. The largest absolute Gasteiger partial charge is 0.452 e. The van der Waals surface area contributed by atoms with Crippen LogP contribution in [0.2, 0.25) is 0 Å². The molecule has 0 saturated heterocycles. The van der Waals surface area contributed by atoms with Crippen molar-refractivity contribution in [3.63, 3.8) is 0 Å². The van der Waals surface area contributed by atoms with Crippen LogP contribution in [0.15, 0.2) is 6.20 Å². The Morgan fingerprint density at radius 3 is 2.00 bits per heavy atom. The first-order valence-corrected chi connectivity index (χ1v) is 4.11. The zero-order chi connectivity index (χ0) is 13.4. The van der Waals surface area contributed by atoms with Crippen LogP contribution in [-0.4, -0.2) is 28.2 Å². The monoisotopic (exact) mass is 263 g/mol. The molecule has 0 saturated carbocycles. The Kier molecular flexibility index (Phi) is 3.17. The molecule has 2 N–H and O–H groups in total. The highest BCUT2D eigenvalue weighted by Gasteiger charge is 2.59. The number of aryl methyl sites for hydroxylation is 1. The first-order chi connectivity index (χ1) is 7.51. The predicted molar refractivity (Wildman–Crippen MR) is 44.1 cm³/mol. The van der Waals surface area contributed by atoms with Gasteiger partial charge in [-0.05, 0) is 0 Å². The minimum atomic E-state index is -5.60. The molecule has 0 fully saturated rings. The first kappa shape index (κ1) is 13.5. The second kappa shape index (κ2) is 4.00. The van der Waals surface area contributed by atoms with Crippen molar-refractivity contribution >= 4 is 5.69 Å². The maximum atomic E-state index is 12.1. The lowest BCUT2D eigenvalue weighted by Crippen LogP contribution is -2.46. The van der Waals surface area contributed by atoms with Gasteiger partial charge in [0.1, 0.15) is 5.69 Å². The normalized spacial score (nSPS) is 13.2.